The predicted octanol–water partition coefficient (Wildman–Crippen LogP) is 1.98. The monoisotopic (exact) mass is 341 g/mol. The van der Waals surface area contributed by atoms with Crippen LogP contribution < -0.4 is 11.1 Å². The first-order chi connectivity index (χ1) is 11.9. The second kappa shape index (κ2) is 7.04. The van der Waals surface area contributed by atoms with Crippen LogP contribution in [0, 0.1) is 11.8 Å². The molecule has 2 atom stereocenters. The Hall–Kier alpha value is -2.70. The highest BCUT2D eigenvalue weighted by atomic mass is 16.2. The summed E-state index contributed by atoms with van der Waals surface area (Å²) in [7, 11) is 0. The van der Waals surface area contributed by atoms with Crippen LogP contribution in [0.1, 0.15) is 55.2 Å². The van der Waals surface area contributed by atoms with E-state index >= 15 is 0 Å². The largest absolute Gasteiger partial charge is 0.364 e. The normalized spacial score (nSPS) is 16.2. The van der Waals surface area contributed by atoms with Gasteiger partial charge in [-0.05, 0) is 49.3 Å². The first-order valence-corrected chi connectivity index (χ1v) is 8.56. The summed E-state index contributed by atoms with van der Waals surface area (Å²) in [6, 6.07) is 7.52. The minimum absolute atomic E-state index is 0.0649. The third-order valence-corrected chi connectivity index (χ3v) is 4.72. The highest BCUT2D eigenvalue weighted by molar-refractivity contribution is 5.90. The Kier molecular flexibility index (Phi) is 4.83. The Morgan fingerprint density at radius 3 is 2.52 bits per heavy atom. The molecule has 25 heavy (non-hydrogen) atoms. The van der Waals surface area contributed by atoms with Gasteiger partial charge >= 0.3 is 0 Å². The quantitative estimate of drug-likeness (QED) is 0.803. The molecular formula is C18H23N5O2. The summed E-state index contributed by atoms with van der Waals surface area (Å²) < 4.78 is 1.49. The van der Waals surface area contributed by atoms with E-state index in [9.17, 15) is 9.59 Å². The van der Waals surface area contributed by atoms with E-state index in [1.54, 1.807) is 0 Å². The average Bonchev–Trinajstić information content (AvgIpc) is 3.31. The second-order valence-electron chi connectivity index (χ2n) is 6.81. The average molecular weight is 341 g/mol. The van der Waals surface area contributed by atoms with Gasteiger partial charge in [-0.1, -0.05) is 24.3 Å². The third-order valence-electron chi connectivity index (χ3n) is 4.72. The molecular weight excluding hydrogens is 318 g/mol. The molecule has 132 valence electrons. The van der Waals surface area contributed by atoms with Crippen molar-refractivity contribution in [3.8, 4) is 5.69 Å². The Bertz CT molecular complexity index is 764. The van der Waals surface area contributed by atoms with Gasteiger partial charge in [0, 0.05) is 6.42 Å². The molecule has 0 radical (unpaired) electrons. The minimum Gasteiger partial charge on any atom is -0.364 e. The lowest BCUT2D eigenvalue weighted by molar-refractivity contribution is -0.122. The summed E-state index contributed by atoms with van der Waals surface area (Å²) in [5.74, 6) is 0.674. The zero-order chi connectivity index (χ0) is 18.0. The van der Waals surface area contributed by atoms with Gasteiger partial charge in [0.05, 0.1) is 17.9 Å². The minimum atomic E-state index is -0.611. The van der Waals surface area contributed by atoms with E-state index in [4.69, 9.17) is 5.73 Å². The van der Waals surface area contributed by atoms with Crippen LogP contribution in [0.3, 0.4) is 0 Å². The molecule has 0 unspecified atom stereocenters. The van der Waals surface area contributed by atoms with Crippen molar-refractivity contribution in [1.82, 2.24) is 20.3 Å². The van der Waals surface area contributed by atoms with Gasteiger partial charge in [0.25, 0.3) is 5.91 Å². The number of nitrogens with two attached hydrogens (primary N) is 1. The Labute approximate surface area is 146 Å². The van der Waals surface area contributed by atoms with E-state index in [2.05, 4.69) is 22.6 Å². The Morgan fingerprint density at radius 2 is 1.96 bits per heavy atom. The highest BCUT2D eigenvalue weighted by Crippen LogP contribution is 2.38. The molecule has 0 saturated heterocycles. The first kappa shape index (κ1) is 17.1. The van der Waals surface area contributed by atoms with E-state index in [0.29, 0.717) is 12.3 Å². The topological polar surface area (TPSA) is 103 Å². The van der Waals surface area contributed by atoms with E-state index in [-0.39, 0.29) is 17.6 Å². The molecule has 1 aromatic carbocycles. The number of carbonyl (C=O) groups excluding carboxylic acids is 2. The molecule has 2 amide bonds. The van der Waals surface area contributed by atoms with Gasteiger partial charge in [0.2, 0.25) is 5.91 Å². The van der Waals surface area contributed by atoms with E-state index in [0.717, 1.165) is 17.2 Å². The number of benzene rings is 1. The maximum atomic E-state index is 12.1. The molecule has 1 heterocycles. The fourth-order valence-corrected chi connectivity index (χ4v) is 2.93. The van der Waals surface area contributed by atoms with Crippen LogP contribution in [0.25, 0.3) is 5.69 Å². The van der Waals surface area contributed by atoms with Crippen LogP contribution in [-0.2, 0) is 4.79 Å². The van der Waals surface area contributed by atoms with Crippen LogP contribution in [-0.4, -0.2) is 26.8 Å². The van der Waals surface area contributed by atoms with Gasteiger partial charge < -0.3 is 11.1 Å². The number of rotatable bonds is 7. The standard InChI is InChI=1S/C18H23N5O2/c1-11(13-3-4-13)9-17(24)20-12(2)14-5-7-15(8-6-14)23-10-16(18(19)25)21-22-23/h5-8,10-13H,3-4,9H2,1-2H3,(H2,19,25)(H,20,24)/t11-,12+/m0/s1. The summed E-state index contributed by atoms with van der Waals surface area (Å²) in [5, 5.41) is 10.7. The molecule has 3 N–H and O–H groups in total. The predicted molar refractivity (Wildman–Crippen MR) is 92.9 cm³/mol. The third kappa shape index (κ3) is 4.23. The lowest BCUT2D eigenvalue weighted by Crippen LogP contribution is -2.28. The van der Waals surface area contributed by atoms with Gasteiger partial charge in [0.1, 0.15) is 0 Å². The van der Waals surface area contributed by atoms with Gasteiger partial charge in [-0.15, -0.1) is 5.10 Å². The molecule has 1 fully saturated rings. The van der Waals surface area contributed by atoms with Gasteiger partial charge in [-0.3, -0.25) is 9.59 Å². The zero-order valence-electron chi connectivity index (χ0n) is 14.5. The van der Waals surface area contributed by atoms with Crippen molar-refractivity contribution in [2.45, 2.75) is 39.2 Å². The smallest absolute Gasteiger partial charge is 0.270 e. The van der Waals surface area contributed by atoms with Crippen molar-refractivity contribution < 1.29 is 9.59 Å². The summed E-state index contributed by atoms with van der Waals surface area (Å²) in [6.45, 7) is 4.12. The van der Waals surface area contributed by atoms with E-state index in [1.165, 1.54) is 23.7 Å². The molecule has 0 aliphatic heterocycles. The molecule has 1 aromatic heterocycles. The summed E-state index contributed by atoms with van der Waals surface area (Å²) in [5.41, 5.74) is 7.07. The molecule has 7 heteroatoms. The Morgan fingerprint density at radius 1 is 1.28 bits per heavy atom. The SMILES string of the molecule is C[C@@H](NC(=O)C[C@H](C)C1CC1)c1ccc(-n2cc(C(N)=O)nn2)cc1. The van der Waals surface area contributed by atoms with Crippen molar-refractivity contribution in [1.29, 1.82) is 0 Å². The fourth-order valence-electron chi connectivity index (χ4n) is 2.93. The number of hydrogen-bond donors (Lipinski definition) is 2. The van der Waals surface area contributed by atoms with Crippen molar-refractivity contribution >= 4 is 11.8 Å². The number of primary amides is 1. The van der Waals surface area contributed by atoms with Crippen LogP contribution >= 0.6 is 0 Å². The van der Waals surface area contributed by atoms with Crippen LogP contribution in [0.2, 0.25) is 0 Å². The molecule has 1 aliphatic carbocycles. The van der Waals surface area contributed by atoms with E-state index in [1.807, 2.05) is 31.2 Å². The second-order valence-corrected chi connectivity index (χ2v) is 6.81. The van der Waals surface area contributed by atoms with Crippen LogP contribution in [0.5, 0.6) is 0 Å². The first-order valence-electron chi connectivity index (χ1n) is 8.56. The zero-order valence-corrected chi connectivity index (χ0v) is 14.5. The Balaban J connectivity index is 1.60. The number of nitrogens with one attached hydrogen (secondary N) is 1. The van der Waals surface area contributed by atoms with Crippen molar-refractivity contribution in [3.05, 3.63) is 41.7 Å². The number of nitrogens with zero attached hydrogens (tertiary/aromatic N) is 3. The molecule has 7 nitrogen and oxygen atoms in total. The molecule has 0 bridgehead atoms. The maximum absolute atomic E-state index is 12.1. The summed E-state index contributed by atoms with van der Waals surface area (Å²) >= 11 is 0. The number of amides is 2. The number of aromatic nitrogens is 3. The summed E-state index contributed by atoms with van der Waals surface area (Å²) in [6.07, 6.45) is 4.58. The molecule has 1 aliphatic rings. The van der Waals surface area contributed by atoms with Gasteiger partial charge in [-0.2, -0.15) is 0 Å². The molecule has 0 spiro atoms. The van der Waals surface area contributed by atoms with Gasteiger partial charge in [0.15, 0.2) is 5.69 Å². The fraction of sp³-hybridized carbons (Fsp3) is 0.444. The van der Waals surface area contributed by atoms with Crippen molar-refractivity contribution in [2.75, 3.05) is 0 Å². The van der Waals surface area contributed by atoms with Crippen molar-refractivity contribution in [2.24, 2.45) is 17.6 Å². The van der Waals surface area contributed by atoms with Crippen LogP contribution in [0.4, 0.5) is 0 Å². The highest BCUT2D eigenvalue weighted by Gasteiger charge is 2.29. The molecule has 2 aromatic rings. The summed E-state index contributed by atoms with van der Waals surface area (Å²) in [4.78, 5) is 23.2. The molecule has 3 rings (SSSR count). The molecule has 1 saturated carbocycles. The van der Waals surface area contributed by atoms with E-state index < -0.39 is 5.91 Å². The number of carbonyl (C=O) groups is 2. The maximum Gasteiger partial charge on any atom is 0.270 e. The van der Waals surface area contributed by atoms with Gasteiger partial charge in [-0.25, -0.2) is 4.68 Å². The lowest BCUT2D eigenvalue weighted by atomic mass is 10.0. The van der Waals surface area contributed by atoms with Crippen LogP contribution in [0.15, 0.2) is 30.5 Å². The lowest BCUT2D eigenvalue weighted by Gasteiger charge is -2.17. The number of hydrogen-bond acceptors (Lipinski definition) is 4. The van der Waals surface area contributed by atoms with Crippen molar-refractivity contribution in [3.63, 3.8) is 0 Å².